The maximum Gasteiger partial charge on any atom is 0.252 e. The zero-order valence-electron chi connectivity index (χ0n) is 91.4. The lowest BCUT2D eigenvalue weighted by molar-refractivity contribution is 0.568. The van der Waals surface area contributed by atoms with Crippen molar-refractivity contribution < 1.29 is 27.4 Å². The van der Waals surface area contributed by atoms with Gasteiger partial charge in [0.25, 0.3) is 6.71 Å². The SMILES string of the molecule is [2H]c1c([2H])c(-n2c3c([2H])c([2H])c([2H])c([2H])c3c3c([2H])c(C4=CC5=CC=CC6=CC=C7C=CC=C4C7C65)c([2H])c([2H])c32)c([2H])c2c1B1c3c(cc(C(C)(C)C)cc3N(c3c(-c4ccccc4)cc(C(C)(C)C)cc3-c3ccccc3)c3c([2H])c(-n4c5c([2H])c([2H])c([2H])c([2H])c5c5c([2H])c(-c6cc7cccc8ccc9cccc6c9c87)c([2H])c([2H])c54)c([2H])c([2H])c31)N2c1c(-c2ccccc2)cc(C(C)(C)C)cc1-c1ccccc1. The average molecular weight is 1650 g/mol. The van der Waals surface area contributed by atoms with Gasteiger partial charge in [0.15, 0.2) is 0 Å². The zero-order valence-corrected chi connectivity index (χ0v) is 71.4. The van der Waals surface area contributed by atoms with E-state index < -0.39 is 143 Å². The molecule has 25 rings (SSSR count). The summed E-state index contributed by atoms with van der Waals surface area (Å²) in [6, 6.07) is 57.4. The number of hydrogen-bond donors (Lipinski definition) is 0. The van der Waals surface area contributed by atoms with Crippen LogP contribution in [0.15, 0.2) is 410 Å². The average Bonchev–Trinajstić information content (AvgIpc) is 1.62. The van der Waals surface area contributed by atoms with Crippen molar-refractivity contribution in [1.29, 1.82) is 0 Å². The van der Waals surface area contributed by atoms with Crippen LogP contribution in [0.3, 0.4) is 0 Å². The van der Waals surface area contributed by atoms with Gasteiger partial charge in [-0.3, -0.25) is 0 Å². The van der Waals surface area contributed by atoms with Crippen LogP contribution in [0.5, 0.6) is 0 Å². The molecule has 4 nitrogen and oxygen atoms in total. The number of para-hydroxylation sites is 2. The first-order chi connectivity index (χ1) is 70.3. The summed E-state index contributed by atoms with van der Waals surface area (Å²) in [6.45, 7) is 17.3. The Kier molecular flexibility index (Phi) is 12.5. The third kappa shape index (κ3) is 11.5. The van der Waals surface area contributed by atoms with E-state index in [-0.39, 0.29) is 101 Å². The Labute approximate surface area is 770 Å². The minimum Gasteiger partial charge on any atom is -0.310 e. The molecule has 0 saturated heterocycles. The van der Waals surface area contributed by atoms with Gasteiger partial charge in [0.1, 0.15) is 0 Å². The van der Waals surface area contributed by atoms with Gasteiger partial charge in [-0.2, -0.15) is 0 Å². The summed E-state index contributed by atoms with van der Waals surface area (Å²) in [7, 11) is 0. The molecule has 0 N–H and O–H groups in total. The molecule has 0 spiro atoms. The Hall–Kier alpha value is -14.8. The first-order valence-electron chi connectivity index (χ1n) is 53.6. The first kappa shape index (κ1) is 56.9. The minimum absolute atomic E-state index is 0.0105. The number of allylic oxidation sites excluding steroid dienone is 14. The zero-order chi connectivity index (χ0) is 103. The number of nitrogens with zero attached hydrogens (tertiary/aromatic N) is 4. The highest BCUT2D eigenvalue weighted by atomic mass is 15.2. The van der Waals surface area contributed by atoms with Crippen molar-refractivity contribution in [2.45, 2.75) is 78.6 Å². The molecule has 127 heavy (non-hydrogen) atoms. The standard InChI is InChI=1S/C122H93BN4/c1-120(2,3)86-66-97(74-30-14-10-15-31-74)118(98(67-86)75-32-16-11-17-33-75)126-109-72-89(124-105-48-24-22-44-91(105)101-62-82(54-60-107(101)124)95-64-84-42-26-38-78-50-52-80-40-28-46-93(95)115(80)113(78)84)56-58-103(109)123-104-59-57-90(125-106-49-25-23-45-92(106)102-63-83(55-61-108(102)125)96-65-85-43-27-39-79-51-53-81-41-29-47-94(96)116(81)114(79)85)73-110(104)127(112-71-88(122(7,8)9)70-111(126)117(112)123)119-99(76-34-18-12-19-35-76)68-87(121(4,5)6)69-100(119)77-36-20-13-21-37-77/h10-73,113,115H,1-9H3/i22D,23D,24D,25D,44D,45D,48D,49D,54D,55D,56D,57D,58D,59D,60D,61D,62D,63D,72D,73D. The second-order valence-electron chi connectivity index (χ2n) is 37.4. The van der Waals surface area contributed by atoms with Gasteiger partial charge in [0.05, 0.1) is 60.9 Å². The largest absolute Gasteiger partial charge is 0.310 e. The predicted octanol–water partition coefficient (Wildman–Crippen LogP) is 30.6. The van der Waals surface area contributed by atoms with E-state index in [1.807, 2.05) is 234 Å². The van der Waals surface area contributed by atoms with E-state index in [0.29, 0.717) is 94.8 Å². The van der Waals surface area contributed by atoms with Crippen molar-refractivity contribution in [2.24, 2.45) is 11.8 Å². The predicted molar refractivity (Wildman–Crippen MR) is 542 cm³/mol. The highest BCUT2D eigenvalue weighted by molar-refractivity contribution is 7.00. The number of aromatic nitrogens is 2. The molecule has 19 aromatic rings. The summed E-state index contributed by atoms with van der Waals surface area (Å²) < 4.78 is 219. The molecule has 0 amide bonds. The van der Waals surface area contributed by atoms with Gasteiger partial charge in [0, 0.05) is 89.8 Å². The Balaban J connectivity index is 0.879. The van der Waals surface area contributed by atoms with E-state index in [1.54, 1.807) is 0 Å². The number of rotatable bonds is 10. The smallest absolute Gasteiger partial charge is 0.252 e. The summed E-state index contributed by atoms with van der Waals surface area (Å²) in [5.74, 6) is -0.393. The van der Waals surface area contributed by atoms with Gasteiger partial charge in [-0.1, -0.05) is 347 Å². The van der Waals surface area contributed by atoms with Crippen LogP contribution in [0, 0.1) is 11.8 Å². The maximum absolute atomic E-state index is 12.2. The summed E-state index contributed by atoms with van der Waals surface area (Å²) >= 11 is 0. The van der Waals surface area contributed by atoms with E-state index in [2.05, 4.69) is 105 Å². The van der Waals surface area contributed by atoms with Crippen molar-refractivity contribution in [3.05, 3.63) is 432 Å². The van der Waals surface area contributed by atoms with E-state index in [0.717, 1.165) is 60.4 Å². The van der Waals surface area contributed by atoms with Gasteiger partial charge in [-0.15, -0.1) is 0 Å². The van der Waals surface area contributed by atoms with E-state index in [4.69, 9.17) is 0 Å². The highest BCUT2D eigenvalue weighted by Crippen LogP contribution is 2.58. The quantitative estimate of drug-likeness (QED) is 0.100. The minimum atomic E-state index is -1.65. The van der Waals surface area contributed by atoms with Gasteiger partial charge in [-0.05, 0) is 251 Å². The molecule has 17 aromatic carbocycles. The van der Waals surface area contributed by atoms with Crippen LogP contribution in [-0.2, 0) is 16.2 Å². The topological polar surface area (TPSA) is 16.3 Å². The molecular formula is C122H93BN4. The van der Waals surface area contributed by atoms with Gasteiger partial charge in [0.2, 0.25) is 0 Å². The summed E-state index contributed by atoms with van der Waals surface area (Å²) in [5, 5.41) is 4.17. The lowest BCUT2D eigenvalue weighted by atomic mass is 9.33. The van der Waals surface area contributed by atoms with Gasteiger partial charge >= 0.3 is 0 Å². The molecule has 604 valence electrons. The van der Waals surface area contributed by atoms with Gasteiger partial charge < -0.3 is 18.9 Å². The lowest BCUT2D eigenvalue weighted by Crippen LogP contribution is -2.61. The molecule has 6 aliphatic rings. The Morgan fingerprint density at radius 3 is 1.25 bits per heavy atom. The molecule has 2 atom stereocenters. The van der Waals surface area contributed by atoms with Crippen molar-refractivity contribution in [1.82, 2.24) is 9.13 Å². The normalized spacial score (nSPS) is 17.9. The first-order valence-corrected chi connectivity index (χ1v) is 43.6. The van der Waals surface area contributed by atoms with E-state index in [1.165, 1.54) is 9.13 Å². The second-order valence-corrected chi connectivity index (χ2v) is 37.4. The molecule has 4 heterocycles. The number of hydrogen-bond acceptors (Lipinski definition) is 2. The molecule has 0 bridgehead atoms. The maximum atomic E-state index is 12.2. The number of anilines is 6. The van der Waals surface area contributed by atoms with Crippen molar-refractivity contribution in [3.63, 3.8) is 0 Å². The molecule has 2 aliphatic heterocycles. The highest BCUT2D eigenvalue weighted by Gasteiger charge is 2.48. The van der Waals surface area contributed by atoms with Crippen LogP contribution in [0.2, 0.25) is 0 Å². The van der Waals surface area contributed by atoms with E-state index in [9.17, 15) is 27.4 Å². The monoisotopic (exact) mass is 1640 g/mol. The van der Waals surface area contributed by atoms with E-state index >= 15 is 0 Å². The molecule has 0 saturated carbocycles. The summed E-state index contributed by atoms with van der Waals surface area (Å²) in [5.41, 5.74) is 9.31. The third-order valence-electron chi connectivity index (χ3n) is 26.9. The van der Waals surface area contributed by atoms with Crippen LogP contribution in [-0.4, -0.2) is 15.8 Å². The fraction of sp³-hybridized carbons (Fsp3) is 0.115. The Morgan fingerprint density at radius 1 is 0.315 bits per heavy atom. The summed E-state index contributed by atoms with van der Waals surface area (Å²) in [4.78, 5) is 3.93. The number of fused-ring (bicyclic) bond motifs is 10. The Morgan fingerprint density at radius 2 is 0.748 bits per heavy atom. The van der Waals surface area contributed by atoms with Crippen LogP contribution < -0.4 is 26.2 Å². The van der Waals surface area contributed by atoms with Crippen LogP contribution in [0.25, 0.3) is 149 Å². The lowest BCUT2D eigenvalue weighted by Gasteiger charge is -2.47. The molecule has 4 aliphatic carbocycles. The Bertz CT molecular complexity index is 9340. The number of benzene rings is 17. The van der Waals surface area contributed by atoms with Crippen LogP contribution in [0.4, 0.5) is 34.1 Å². The van der Waals surface area contributed by atoms with Crippen LogP contribution in [0.1, 0.15) is 112 Å². The van der Waals surface area contributed by atoms with Crippen molar-refractivity contribution in [3.8, 4) is 67.0 Å². The molecule has 5 heteroatoms. The second kappa shape index (κ2) is 27.9. The molecule has 2 unspecified atom stereocenters. The molecule has 0 radical (unpaired) electrons. The van der Waals surface area contributed by atoms with Crippen molar-refractivity contribution in [2.75, 3.05) is 9.80 Å². The molecule has 2 aromatic heterocycles. The summed E-state index contributed by atoms with van der Waals surface area (Å²) in [6.07, 6.45) is 18.1. The van der Waals surface area contributed by atoms with Crippen molar-refractivity contribution >= 4 is 139 Å². The molecular weight excluding hydrogens is 1530 g/mol. The van der Waals surface area contributed by atoms with Crippen LogP contribution >= 0.6 is 0 Å². The fourth-order valence-electron chi connectivity index (χ4n) is 20.8. The van der Waals surface area contributed by atoms with Gasteiger partial charge in [-0.25, -0.2) is 0 Å². The molecule has 0 fully saturated rings. The fourth-order valence-corrected chi connectivity index (χ4v) is 20.8. The third-order valence-corrected chi connectivity index (χ3v) is 26.9.